The van der Waals surface area contributed by atoms with Gasteiger partial charge in [-0.2, -0.15) is 0 Å². The van der Waals surface area contributed by atoms with E-state index in [1.165, 1.54) is 0 Å². The van der Waals surface area contributed by atoms with E-state index >= 15 is 0 Å². The number of benzene rings is 1. The smallest absolute Gasteiger partial charge is 0.194 e. The Morgan fingerprint density at radius 1 is 1.19 bits per heavy atom. The molecule has 0 bridgehead atoms. The summed E-state index contributed by atoms with van der Waals surface area (Å²) in [5.74, 6) is 3.39. The van der Waals surface area contributed by atoms with E-state index in [1.807, 2.05) is 37.5 Å². The first kappa shape index (κ1) is 26.0. The van der Waals surface area contributed by atoms with Crippen LogP contribution in [0.1, 0.15) is 18.1 Å². The number of pyridine rings is 1. The van der Waals surface area contributed by atoms with Gasteiger partial charge in [0.2, 0.25) is 0 Å². The minimum atomic E-state index is 0. The van der Waals surface area contributed by atoms with E-state index in [2.05, 4.69) is 33.1 Å². The van der Waals surface area contributed by atoms with Gasteiger partial charge in [0.25, 0.3) is 0 Å². The van der Waals surface area contributed by atoms with Crippen LogP contribution in [0.2, 0.25) is 0 Å². The van der Waals surface area contributed by atoms with E-state index in [0.717, 1.165) is 67.3 Å². The molecule has 1 fully saturated rings. The van der Waals surface area contributed by atoms with Gasteiger partial charge >= 0.3 is 0 Å². The number of aliphatic imine (C=N–C) groups is 1. The van der Waals surface area contributed by atoms with E-state index in [4.69, 9.17) is 19.2 Å². The van der Waals surface area contributed by atoms with Gasteiger partial charge in [-0.3, -0.25) is 0 Å². The molecule has 8 nitrogen and oxygen atoms in total. The second-order valence-corrected chi connectivity index (χ2v) is 7.29. The van der Waals surface area contributed by atoms with E-state index in [0.29, 0.717) is 13.1 Å². The van der Waals surface area contributed by atoms with Gasteiger partial charge in [0.15, 0.2) is 5.96 Å². The summed E-state index contributed by atoms with van der Waals surface area (Å²) >= 11 is 0. The number of morpholine rings is 1. The van der Waals surface area contributed by atoms with E-state index in [9.17, 15) is 0 Å². The number of guanidine groups is 1. The first-order valence-corrected chi connectivity index (χ1v) is 10.6. The van der Waals surface area contributed by atoms with Gasteiger partial charge in [0.05, 0.1) is 34.0 Å². The van der Waals surface area contributed by atoms with Gasteiger partial charge in [-0.15, -0.1) is 24.0 Å². The fraction of sp³-hybridized carbons (Fsp3) is 0.478. The normalized spacial score (nSPS) is 13.9. The summed E-state index contributed by atoms with van der Waals surface area (Å²) in [6.45, 7) is 7.22. The number of anilines is 1. The fourth-order valence-corrected chi connectivity index (χ4v) is 3.56. The van der Waals surface area contributed by atoms with Crippen molar-refractivity contribution in [2.75, 3.05) is 59.0 Å². The second-order valence-electron chi connectivity index (χ2n) is 7.29. The summed E-state index contributed by atoms with van der Waals surface area (Å²) in [5, 5.41) is 3.39. The quantitative estimate of drug-likeness (QED) is 0.305. The summed E-state index contributed by atoms with van der Waals surface area (Å²) in [6.07, 6.45) is 1.84. The molecule has 1 aliphatic heterocycles. The number of ether oxygens (including phenoxy) is 3. The third-order valence-electron chi connectivity index (χ3n) is 5.18. The van der Waals surface area contributed by atoms with Gasteiger partial charge in [0, 0.05) is 56.6 Å². The van der Waals surface area contributed by atoms with Crippen LogP contribution in [0, 0.1) is 0 Å². The lowest BCUT2D eigenvalue weighted by atomic mass is 10.2. The number of nitrogens with one attached hydrogen (secondary N) is 1. The largest absolute Gasteiger partial charge is 0.497 e. The van der Waals surface area contributed by atoms with Crippen molar-refractivity contribution in [1.29, 1.82) is 0 Å². The van der Waals surface area contributed by atoms with Gasteiger partial charge in [0.1, 0.15) is 17.3 Å². The highest BCUT2D eigenvalue weighted by Gasteiger charge is 2.16. The van der Waals surface area contributed by atoms with Gasteiger partial charge in [-0.05, 0) is 25.1 Å². The van der Waals surface area contributed by atoms with Crippen molar-refractivity contribution in [3.63, 3.8) is 0 Å². The molecule has 32 heavy (non-hydrogen) atoms. The predicted octanol–water partition coefficient (Wildman–Crippen LogP) is 3.15. The lowest BCUT2D eigenvalue weighted by Gasteiger charge is -2.29. The summed E-state index contributed by atoms with van der Waals surface area (Å²) in [7, 11) is 5.35. The standard InChI is InChI=1S/C23H33N5O3.HI/c1-5-24-23(27(2)17-19-8-9-20(29-3)15-21(19)30-4)26-16-18-7-6-10-25-22(18)28-11-13-31-14-12-28;/h6-10,15H,5,11-14,16-17H2,1-4H3,(H,24,26);1H. The number of hydrogen-bond acceptors (Lipinski definition) is 6. The molecule has 1 N–H and O–H groups in total. The Morgan fingerprint density at radius 3 is 2.66 bits per heavy atom. The SMILES string of the molecule is CCNC(=NCc1cccnc1N1CCOCC1)N(C)Cc1ccc(OC)cc1OC.I. The molecule has 9 heteroatoms. The van der Waals surface area contributed by atoms with Crippen molar-refractivity contribution in [1.82, 2.24) is 15.2 Å². The van der Waals surface area contributed by atoms with Crippen molar-refractivity contribution in [3.8, 4) is 11.5 Å². The summed E-state index contributed by atoms with van der Waals surface area (Å²) in [6, 6.07) is 9.93. The predicted molar refractivity (Wildman–Crippen MR) is 139 cm³/mol. The monoisotopic (exact) mass is 555 g/mol. The molecule has 3 rings (SSSR count). The molecule has 1 aromatic heterocycles. The Balaban J connectivity index is 0.00000363. The van der Waals surface area contributed by atoms with Crippen LogP contribution >= 0.6 is 24.0 Å². The lowest BCUT2D eigenvalue weighted by molar-refractivity contribution is 0.122. The number of hydrogen-bond donors (Lipinski definition) is 1. The molecule has 0 amide bonds. The first-order valence-electron chi connectivity index (χ1n) is 10.6. The Morgan fingerprint density at radius 2 is 1.97 bits per heavy atom. The highest BCUT2D eigenvalue weighted by molar-refractivity contribution is 14.0. The minimum Gasteiger partial charge on any atom is -0.497 e. The molecule has 0 saturated carbocycles. The van der Waals surface area contributed by atoms with Crippen molar-refractivity contribution < 1.29 is 14.2 Å². The number of methoxy groups -OCH3 is 2. The molecular weight excluding hydrogens is 521 g/mol. The van der Waals surface area contributed by atoms with Crippen molar-refractivity contribution >= 4 is 35.8 Å². The van der Waals surface area contributed by atoms with Gasteiger partial charge in [-0.1, -0.05) is 6.07 Å². The van der Waals surface area contributed by atoms with Crippen molar-refractivity contribution in [2.24, 2.45) is 4.99 Å². The third kappa shape index (κ3) is 6.86. The zero-order chi connectivity index (χ0) is 22.1. The Hall–Kier alpha value is -2.27. The van der Waals surface area contributed by atoms with Crippen LogP contribution in [0.4, 0.5) is 5.82 Å². The molecule has 2 heterocycles. The Bertz CT molecular complexity index is 874. The van der Waals surface area contributed by atoms with E-state index in [1.54, 1.807) is 14.2 Å². The average Bonchev–Trinajstić information content (AvgIpc) is 2.82. The van der Waals surface area contributed by atoms with E-state index < -0.39 is 0 Å². The van der Waals surface area contributed by atoms with E-state index in [-0.39, 0.29) is 24.0 Å². The van der Waals surface area contributed by atoms with Crippen molar-refractivity contribution in [3.05, 3.63) is 47.7 Å². The van der Waals surface area contributed by atoms with Crippen LogP contribution in [0.3, 0.4) is 0 Å². The van der Waals surface area contributed by atoms with Crippen LogP contribution in [0.25, 0.3) is 0 Å². The van der Waals surface area contributed by atoms with Crippen molar-refractivity contribution in [2.45, 2.75) is 20.0 Å². The summed E-state index contributed by atoms with van der Waals surface area (Å²) in [5.41, 5.74) is 2.17. The Kier molecular flexibility index (Phi) is 10.8. The number of halogens is 1. The third-order valence-corrected chi connectivity index (χ3v) is 5.18. The maximum absolute atomic E-state index is 5.55. The lowest BCUT2D eigenvalue weighted by Crippen LogP contribution is -2.39. The number of rotatable bonds is 8. The molecule has 0 radical (unpaired) electrons. The number of nitrogens with zero attached hydrogens (tertiary/aromatic N) is 4. The van der Waals surface area contributed by atoms with Crippen LogP contribution in [0.5, 0.6) is 11.5 Å². The topological polar surface area (TPSA) is 71.5 Å². The van der Waals surface area contributed by atoms with Crippen LogP contribution < -0.4 is 19.7 Å². The molecule has 0 unspecified atom stereocenters. The molecule has 0 spiro atoms. The van der Waals surface area contributed by atoms with Gasteiger partial charge < -0.3 is 29.3 Å². The molecule has 0 aliphatic carbocycles. The molecule has 1 aromatic carbocycles. The summed E-state index contributed by atoms with van der Waals surface area (Å²) in [4.78, 5) is 13.9. The van der Waals surface area contributed by atoms with Gasteiger partial charge in [-0.25, -0.2) is 9.98 Å². The van der Waals surface area contributed by atoms with Crippen LogP contribution in [-0.4, -0.2) is 70.0 Å². The molecule has 176 valence electrons. The molecular formula is C23H34IN5O3. The highest BCUT2D eigenvalue weighted by Crippen LogP contribution is 2.25. The highest BCUT2D eigenvalue weighted by atomic mass is 127. The molecule has 1 saturated heterocycles. The number of aromatic nitrogens is 1. The van der Waals surface area contributed by atoms with Crippen LogP contribution in [0.15, 0.2) is 41.5 Å². The maximum atomic E-state index is 5.55. The minimum absolute atomic E-state index is 0. The molecule has 2 aromatic rings. The zero-order valence-electron chi connectivity index (χ0n) is 19.3. The second kappa shape index (κ2) is 13.3. The average molecular weight is 555 g/mol. The fourth-order valence-electron chi connectivity index (χ4n) is 3.56. The maximum Gasteiger partial charge on any atom is 0.194 e. The zero-order valence-corrected chi connectivity index (χ0v) is 21.7. The Labute approximate surface area is 208 Å². The molecule has 0 atom stereocenters. The van der Waals surface area contributed by atoms with Crippen LogP contribution in [-0.2, 0) is 17.8 Å². The molecule has 1 aliphatic rings. The first-order chi connectivity index (χ1) is 15.2. The summed E-state index contributed by atoms with van der Waals surface area (Å²) < 4.78 is 16.3.